The lowest BCUT2D eigenvalue weighted by Gasteiger charge is -2.06. The Hall–Kier alpha value is -1.91. The van der Waals surface area contributed by atoms with Gasteiger partial charge in [0.05, 0.1) is 12.3 Å². The molecule has 0 saturated heterocycles. The van der Waals surface area contributed by atoms with Crippen LogP contribution in [0.5, 0.6) is 0 Å². The predicted molar refractivity (Wildman–Crippen MR) is 51.9 cm³/mol. The number of nitrogens with zero attached hydrogens (tertiary/aromatic N) is 1. The summed E-state index contributed by atoms with van der Waals surface area (Å²) in [4.78, 5) is 11.0. The summed E-state index contributed by atoms with van der Waals surface area (Å²) in [7, 11) is 0. The maximum atomic E-state index is 11.0. The summed E-state index contributed by atoms with van der Waals surface area (Å²) in [6.07, 6.45) is -0.538. The summed E-state index contributed by atoms with van der Waals surface area (Å²) in [5, 5.41) is 5.75. The normalized spacial score (nSPS) is 9.21. The van der Waals surface area contributed by atoms with Gasteiger partial charge in [0.2, 0.25) is 0 Å². The van der Waals surface area contributed by atoms with Gasteiger partial charge in [0.15, 0.2) is 0 Å². The van der Waals surface area contributed by atoms with Crippen molar-refractivity contribution in [2.45, 2.75) is 6.92 Å². The lowest BCUT2D eigenvalue weighted by molar-refractivity contribution is 0.168. The summed E-state index contributed by atoms with van der Waals surface area (Å²) >= 11 is 0. The average Bonchev–Trinajstić information content (AvgIpc) is 2.19. The van der Waals surface area contributed by atoms with Gasteiger partial charge in [-0.2, -0.15) is 5.11 Å². The third-order valence-corrected chi connectivity index (χ3v) is 1.54. The van der Waals surface area contributed by atoms with Crippen molar-refractivity contribution < 1.29 is 9.53 Å². The minimum absolute atomic E-state index is 0.312. The van der Waals surface area contributed by atoms with E-state index in [-0.39, 0.29) is 0 Å². The molecule has 0 aliphatic heterocycles. The smallest absolute Gasteiger partial charge is 0.411 e. The van der Waals surface area contributed by atoms with Gasteiger partial charge >= 0.3 is 6.09 Å². The van der Waals surface area contributed by atoms with Crippen LogP contribution in [0.25, 0.3) is 0 Å². The Morgan fingerprint density at radius 2 is 2.29 bits per heavy atom. The molecule has 0 heterocycles. The highest BCUT2D eigenvalue weighted by molar-refractivity contribution is 5.88. The highest BCUT2D eigenvalue weighted by atomic mass is 16.5. The Kier molecular flexibility index (Phi) is 3.60. The molecule has 1 amide bonds. The molecule has 0 atom stereocenters. The van der Waals surface area contributed by atoms with E-state index in [0.29, 0.717) is 18.0 Å². The van der Waals surface area contributed by atoms with Gasteiger partial charge in [-0.05, 0) is 19.1 Å². The molecule has 0 fully saturated rings. The topological polar surface area (TPSA) is 74.5 Å². The van der Waals surface area contributed by atoms with Crippen molar-refractivity contribution >= 4 is 17.5 Å². The summed E-state index contributed by atoms with van der Waals surface area (Å²) in [6, 6.07) is 6.78. The van der Waals surface area contributed by atoms with Crippen LogP contribution in [-0.4, -0.2) is 12.7 Å². The second kappa shape index (κ2) is 4.96. The molecule has 74 valence electrons. The van der Waals surface area contributed by atoms with Crippen LogP contribution < -0.4 is 5.32 Å². The zero-order valence-corrected chi connectivity index (χ0v) is 7.78. The molecular weight excluding hydrogens is 182 g/mol. The maximum absolute atomic E-state index is 11.0. The molecule has 0 saturated carbocycles. The lowest BCUT2D eigenvalue weighted by atomic mass is 10.3. The number of ether oxygens (including phenoxy) is 1. The maximum Gasteiger partial charge on any atom is 0.411 e. The van der Waals surface area contributed by atoms with Crippen molar-refractivity contribution in [3.8, 4) is 0 Å². The van der Waals surface area contributed by atoms with E-state index >= 15 is 0 Å². The number of carbonyl (C=O) groups excluding carboxylic acids is 1. The molecule has 1 aromatic rings. The zero-order chi connectivity index (χ0) is 10.4. The lowest BCUT2D eigenvalue weighted by Crippen LogP contribution is -2.13. The van der Waals surface area contributed by atoms with E-state index in [1.165, 1.54) is 0 Å². The van der Waals surface area contributed by atoms with E-state index in [2.05, 4.69) is 10.4 Å². The number of carbonyl (C=O) groups is 1. The van der Waals surface area contributed by atoms with Gasteiger partial charge in [0, 0.05) is 0 Å². The standard InChI is InChI=1S/C9H11N3O2/c1-2-14-9(13)11-7-5-3-4-6-8(7)12-10/h3-6,10H,2H2,1H3,(H,11,13). The van der Waals surface area contributed by atoms with Crippen molar-refractivity contribution in [2.75, 3.05) is 11.9 Å². The zero-order valence-electron chi connectivity index (χ0n) is 7.78. The molecule has 0 spiro atoms. The summed E-state index contributed by atoms with van der Waals surface area (Å²) in [6.45, 7) is 2.03. The number of benzene rings is 1. The molecule has 0 radical (unpaired) electrons. The number of anilines is 1. The van der Waals surface area contributed by atoms with Crippen molar-refractivity contribution in [3.63, 3.8) is 0 Å². The molecule has 1 aromatic carbocycles. The van der Waals surface area contributed by atoms with Crippen LogP contribution in [0.3, 0.4) is 0 Å². The Morgan fingerprint density at radius 1 is 1.57 bits per heavy atom. The molecule has 1 rings (SSSR count). The average molecular weight is 193 g/mol. The van der Waals surface area contributed by atoms with E-state index < -0.39 is 6.09 Å². The second-order valence-corrected chi connectivity index (χ2v) is 2.47. The van der Waals surface area contributed by atoms with Gasteiger partial charge in [-0.15, -0.1) is 0 Å². The first-order valence-electron chi connectivity index (χ1n) is 4.18. The Balaban J connectivity index is 2.75. The first-order valence-corrected chi connectivity index (χ1v) is 4.18. The van der Waals surface area contributed by atoms with Crippen LogP contribution in [-0.2, 0) is 4.74 Å². The molecule has 0 aliphatic rings. The first-order chi connectivity index (χ1) is 6.77. The second-order valence-electron chi connectivity index (χ2n) is 2.47. The predicted octanol–water partition coefficient (Wildman–Crippen LogP) is 2.92. The SMILES string of the molecule is CCOC(=O)Nc1ccccc1N=N. The Labute approximate surface area is 81.6 Å². The Morgan fingerprint density at radius 3 is 2.93 bits per heavy atom. The molecule has 14 heavy (non-hydrogen) atoms. The third-order valence-electron chi connectivity index (χ3n) is 1.54. The minimum atomic E-state index is -0.538. The highest BCUT2D eigenvalue weighted by Crippen LogP contribution is 2.23. The van der Waals surface area contributed by atoms with Gasteiger partial charge in [-0.1, -0.05) is 12.1 Å². The minimum Gasteiger partial charge on any atom is -0.450 e. The summed E-state index contributed by atoms with van der Waals surface area (Å²) in [5.41, 5.74) is 7.74. The summed E-state index contributed by atoms with van der Waals surface area (Å²) < 4.78 is 4.69. The molecule has 2 N–H and O–H groups in total. The van der Waals surface area contributed by atoms with Crippen LogP contribution in [0.2, 0.25) is 0 Å². The molecule has 5 heteroatoms. The molecule has 0 unspecified atom stereocenters. The molecule has 5 nitrogen and oxygen atoms in total. The molecular formula is C9H11N3O2. The number of nitrogens with one attached hydrogen (secondary N) is 2. The fraction of sp³-hybridized carbons (Fsp3) is 0.222. The highest BCUT2D eigenvalue weighted by Gasteiger charge is 2.05. The van der Waals surface area contributed by atoms with Gasteiger partial charge < -0.3 is 4.74 Å². The molecule has 0 aromatic heterocycles. The molecule has 0 aliphatic carbocycles. The largest absolute Gasteiger partial charge is 0.450 e. The van der Waals surface area contributed by atoms with Crippen molar-refractivity contribution in [2.24, 2.45) is 5.11 Å². The fourth-order valence-corrected chi connectivity index (χ4v) is 0.954. The first kappa shape index (κ1) is 10.2. The van der Waals surface area contributed by atoms with Crippen molar-refractivity contribution in [3.05, 3.63) is 24.3 Å². The summed E-state index contributed by atoms with van der Waals surface area (Å²) in [5.74, 6) is 0. The fourth-order valence-electron chi connectivity index (χ4n) is 0.954. The van der Waals surface area contributed by atoms with Gasteiger partial charge in [-0.3, -0.25) is 5.32 Å². The van der Waals surface area contributed by atoms with E-state index in [4.69, 9.17) is 10.3 Å². The van der Waals surface area contributed by atoms with E-state index in [1.807, 2.05) is 0 Å². The number of rotatable bonds is 3. The quantitative estimate of drug-likeness (QED) is 0.724. The third kappa shape index (κ3) is 2.55. The van der Waals surface area contributed by atoms with Crippen LogP contribution in [0, 0.1) is 5.53 Å². The van der Waals surface area contributed by atoms with Gasteiger partial charge in [0.1, 0.15) is 5.69 Å². The Bertz CT molecular complexity index is 339. The van der Waals surface area contributed by atoms with Crippen molar-refractivity contribution in [1.82, 2.24) is 0 Å². The number of amides is 1. The van der Waals surface area contributed by atoms with E-state index in [9.17, 15) is 4.79 Å². The van der Waals surface area contributed by atoms with Crippen LogP contribution >= 0.6 is 0 Å². The van der Waals surface area contributed by atoms with E-state index in [1.54, 1.807) is 31.2 Å². The van der Waals surface area contributed by atoms with Crippen LogP contribution in [0.1, 0.15) is 6.92 Å². The van der Waals surface area contributed by atoms with Crippen LogP contribution in [0.4, 0.5) is 16.2 Å². The van der Waals surface area contributed by atoms with Crippen LogP contribution in [0.15, 0.2) is 29.4 Å². The monoisotopic (exact) mass is 193 g/mol. The number of hydrogen-bond acceptors (Lipinski definition) is 4. The van der Waals surface area contributed by atoms with Crippen molar-refractivity contribution in [1.29, 1.82) is 5.53 Å². The number of hydrogen-bond donors (Lipinski definition) is 2. The van der Waals surface area contributed by atoms with E-state index in [0.717, 1.165) is 0 Å². The number of para-hydroxylation sites is 2. The molecule has 0 bridgehead atoms. The van der Waals surface area contributed by atoms with Gasteiger partial charge in [-0.25, -0.2) is 10.3 Å². The van der Waals surface area contributed by atoms with Gasteiger partial charge in [0.25, 0.3) is 0 Å².